The highest BCUT2D eigenvalue weighted by Crippen LogP contribution is 2.09. The van der Waals surface area contributed by atoms with Crippen molar-refractivity contribution in [3.63, 3.8) is 0 Å². The summed E-state index contributed by atoms with van der Waals surface area (Å²) in [6.07, 6.45) is 3.43. The second kappa shape index (κ2) is 9.44. The Kier molecular flexibility index (Phi) is 9.35. The van der Waals surface area contributed by atoms with Crippen LogP contribution in [0, 0.1) is 0 Å². The fraction of sp³-hybridized carbons (Fsp3) is 1.00. The summed E-state index contributed by atoms with van der Waals surface area (Å²) < 4.78 is 11.1. The molecule has 0 radical (unpaired) electrons. The summed E-state index contributed by atoms with van der Waals surface area (Å²) in [4.78, 5) is 0. The largest absolute Gasteiger partial charge is 0.351 e. The van der Waals surface area contributed by atoms with E-state index in [1.807, 2.05) is 20.9 Å². The standard InChI is InChI=1S/C11H25NO2/c1-5-8-9-10(12-4)11(13-6-2)14-7-3/h10-12H,5-9H2,1-4H3. The topological polar surface area (TPSA) is 30.5 Å². The van der Waals surface area contributed by atoms with E-state index in [1.165, 1.54) is 12.8 Å². The van der Waals surface area contributed by atoms with E-state index in [-0.39, 0.29) is 6.29 Å². The van der Waals surface area contributed by atoms with Crippen molar-refractivity contribution in [2.45, 2.75) is 52.4 Å². The van der Waals surface area contributed by atoms with Crippen LogP contribution in [0.2, 0.25) is 0 Å². The molecule has 1 N–H and O–H groups in total. The smallest absolute Gasteiger partial charge is 0.172 e. The van der Waals surface area contributed by atoms with Gasteiger partial charge in [0.05, 0.1) is 6.04 Å². The Bertz CT molecular complexity index is 114. The van der Waals surface area contributed by atoms with Gasteiger partial charge in [0.25, 0.3) is 0 Å². The van der Waals surface area contributed by atoms with E-state index in [0.717, 1.165) is 6.42 Å². The van der Waals surface area contributed by atoms with Crippen molar-refractivity contribution >= 4 is 0 Å². The zero-order valence-electron chi connectivity index (χ0n) is 10.0. The fourth-order valence-electron chi connectivity index (χ4n) is 1.45. The molecule has 0 aliphatic carbocycles. The number of nitrogens with one attached hydrogen (secondary N) is 1. The molecular formula is C11H25NO2. The molecule has 1 unspecified atom stereocenters. The van der Waals surface area contributed by atoms with Gasteiger partial charge in [-0.05, 0) is 27.3 Å². The third-order valence-electron chi connectivity index (χ3n) is 2.23. The highest BCUT2D eigenvalue weighted by atomic mass is 16.7. The molecule has 1 atom stereocenters. The molecule has 3 heteroatoms. The molecule has 0 bridgehead atoms. The van der Waals surface area contributed by atoms with Crippen molar-refractivity contribution < 1.29 is 9.47 Å². The molecule has 0 spiro atoms. The summed E-state index contributed by atoms with van der Waals surface area (Å²) in [5, 5.41) is 3.26. The quantitative estimate of drug-likeness (QED) is 0.583. The number of unbranched alkanes of at least 4 members (excludes halogenated alkanes) is 1. The van der Waals surface area contributed by atoms with Crippen molar-refractivity contribution in [3.8, 4) is 0 Å². The zero-order valence-corrected chi connectivity index (χ0v) is 10.0. The van der Waals surface area contributed by atoms with Crippen molar-refractivity contribution in [1.82, 2.24) is 5.32 Å². The first kappa shape index (κ1) is 13.9. The molecule has 3 nitrogen and oxygen atoms in total. The van der Waals surface area contributed by atoms with E-state index in [4.69, 9.17) is 9.47 Å². The lowest BCUT2D eigenvalue weighted by molar-refractivity contribution is -0.154. The molecule has 0 aliphatic heterocycles. The normalized spacial score (nSPS) is 13.5. The lowest BCUT2D eigenvalue weighted by Crippen LogP contribution is -2.41. The number of ether oxygens (including phenoxy) is 2. The molecule has 14 heavy (non-hydrogen) atoms. The van der Waals surface area contributed by atoms with Crippen LogP contribution in [0.5, 0.6) is 0 Å². The number of hydrogen-bond donors (Lipinski definition) is 1. The van der Waals surface area contributed by atoms with Crippen LogP contribution < -0.4 is 5.32 Å². The molecular weight excluding hydrogens is 178 g/mol. The molecule has 0 aromatic rings. The average molecular weight is 203 g/mol. The van der Waals surface area contributed by atoms with E-state index in [0.29, 0.717) is 19.3 Å². The van der Waals surface area contributed by atoms with Crippen molar-refractivity contribution in [2.24, 2.45) is 0 Å². The van der Waals surface area contributed by atoms with Crippen molar-refractivity contribution in [1.29, 1.82) is 0 Å². The Morgan fingerprint density at radius 2 is 1.64 bits per heavy atom. The molecule has 0 rings (SSSR count). The molecule has 0 fully saturated rings. The first-order valence-corrected chi connectivity index (χ1v) is 5.70. The lowest BCUT2D eigenvalue weighted by atomic mass is 10.1. The first-order chi connectivity index (χ1) is 6.79. The van der Waals surface area contributed by atoms with Crippen molar-refractivity contribution in [3.05, 3.63) is 0 Å². The van der Waals surface area contributed by atoms with Crippen LogP contribution >= 0.6 is 0 Å². The molecule has 0 amide bonds. The second-order valence-corrected chi connectivity index (χ2v) is 3.32. The van der Waals surface area contributed by atoms with E-state index in [2.05, 4.69) is 12.2 Å². The maximum atomic E-state index is 5.55. The molecule has 0 aromatic heterocycles. The van der Waals surface area contributed by atoms with Crippen LogP contribution in [-0.2, 0) is 9.47 Å². The molecule has 0 aromatic carbocycles. The third-order valence-corrected chi connectivity index (χ3v) is 2.23. The number of rotatable bonds is 9. The van der Waals surface area contributed by atoms with Gasteiger partial charge in [-0.1, -0.05) is 19.8 Å². The monoisotopic (exact) mass is 203 g/mol. The summed E-state index contributed by atoms with van der Waals surface area (Å²) in [6.45, 7) is 7.60. The highest BCUT2D eigenvalue weighted by Gasteiger charge is 2.19. The van der Waals surface area contributed by atoms with Crippen LogP contribution in [0.25, 0.3) is 0 Å². The van der Waals surface area contributed by atoms with Gasteiger partial charge in [-0.3, -0.25) is 0 Å². The molecule has 0 saturated carbocycles. The first-order valence-electron chi connectivity index (χ1n) is 5.70. The van der Waals surface area contributed by atoms with Gasteiger partial charge in [-0.15, -0.1) is 0 Å². The van der Waals surface area contributed by atoms with Gasteiger partial charge in [-0.25, -0.2) is 0 Å². The predicted molar refractivity (Wildman–Crippen MR) is 59.4 cm³/mol. The lowest BCUT2D eigenvalue weighted by Gasteiger charge is -2.26. The highest BCUT2D eigenvalue weighted by molar-refractivity contribution is 4.68. The van der Waals surface area contributed by atoms with Crippen LogP contribution in [-0.4, -0.2) is 32.6 Å². The van der Waals surface area contributed by atoms with Gasteiger partial charge in [0.1, 0.15) is 0 Å². The fourth-order valence-corrected chi connectivity index (χ4v) is 1.45. The van der Waals surface area contributed by atoms with Crippen molar-refractivity contribution in [2.75, 3.05) is 20.3 Å². The van der Waals surface area contributed by atoms with Gasteiger partial charge < -0.3 is 14.8 Å². The van der Waals surface area contributed by atoms with Crippen LogP contribution in [0.4, 0.5) is 0 Å². The van der Waals surface area contributed by atoms with Crippen LogP contribution in [0.3, 0.4) is 0 Å². The predicted octanol–water partition coefficient (Wildman–Crippen LogP) is 2.16. The summed E-state index contributed by atoms with van der Waals surface area (Å²) in [5.74, 6) is 0. The maximum absolute atomic E-state index is 5.55. The minimum Gasteiger partial charge on any atom is -0.351 e. The SMILES string of the molecule is CCCCC(NC)C(OCC)OCC. The Labute approximate surface area is 88.2 Å². The van der Waals surface area contributed by atoms with E-state index in [9.17, 15) is 0 Å². The molecule has 0 aliphatic rings. The minimum absolute atomic E-state index is 0.0958. The van der Waals surface area contributed by atoms with Gasteiger partial charge >= 0.3 is 0 Å². The Morgan fingerprint density at radius 1 is 1.07 bits per heavy atom. The molecule has 0 saturated heterocycles. The summed E-state index contributed by atoms with van der Waals surface area (Å²) >= 11 is 0. The average Bonchev–Trinajstić information content (AvgIpc) is 2.19. The Hall–Kier alpha value is -0.120. The Balaban J connectivity index is 3.96. The van der Waals surface area contributed by atoms with E-state index >= 15 is 0 Å². The molecule has 0 heterocycles. The van der Waals surface area contributed by atoms with Gasteiger partial charge in [0.2, 0.25) is 0 Å². The zero-order chi connectivity index (χ0) is 10.8. The minimum atomic E-state index is -0.0958. The van der Waals surface area contributed by atoms with Crippen LogP contribution in [0.15, 0.2) is 0 Å². The number of hydrogen-bond acceptors (Lipinski definition) is 3. The molecule has 86 valence electrons. The Morgan fingerprint density at radius 3 is 2.00 bits per heavy atom. The van der Waals surface area contributed by atoms with Gasteiger partial charge in [0, 0.05) is 13.2 Å². The van der Waals surface area contributed by atoms with Crippen LogP contribution in [0.1, 0.15) is 40.0 Å². The maximum Gasteiger partial charge on any atom is 0.172 e. The van der Waals surface area contributed by atoms with Gasteiger partial charge in [-0.2, -0.15) is 0 Å². The summed E-state index contributed by atoms with van der Waals surface area (Å²) in [6, 6.07) is 0.315. The van der Waals surface area contributed by atoms with E-state index < -0.39 is 0 Å². The second-order valence-electron chi connectivity index (χ2n) is 3.32. The third kappa shape index (κ3) is 5.58. The van der Waals surface area contributed by atoms with Gasteiger partial charge in [0.15, 0.2) is 6.29 Å². The summed E-state index contributed by atoms with van der Waals surface area (Å²) in [5.41, 5.74) is 0. The van der Waals surface area contributed by atoms with E-state index in [1.54, 1.807) is 0 Å². The number of likely N-dealkylation sites (N-methyl/N-ethyl adjacent to an activating group) is 1. The summed E-state index contributed by atoms with van der Waals surface area (Å²) in [7, 11) is 1.96.